The summed E-state index contributed by atoms with van der Waals surface area (Å²) in [6, 6.07) is 0.628. The predicted molar refractivity (Wildman–Crippen MR) is 75.2 cm³/mol. The Hall–Kier alpha value is -2.10. The van der Waals surface area contributed by atoms with Gasteiger partial charge in [-0.15, -0.1) is 0 Å². The number of aromatic nitrogens is 1. The Balaban J connectivity index is 2.04. The van der Waals surface area contributed by atoms with Crippen LogP contribution in [0.2, 0.25) is 0 Å². The molecule has 1 aromatic rings. The fourth-order valence-corrected chi connectivity index (χ4v) is 2.26. The topological polar surface area (TPSA) is 72.5 Å². The summed E-state index contributed by atoms with van der Waals surface area (Å²) in [7, 11) is 1.23. The molecule has 1 saturated heterocycles. The van der Waals surface area contributed by atoms with Crippen molar-refractivity contribution in [3.8, 4) is 11.8 Å². The minimum Gasteiger partial charge on any atom is -0.481 e. The third-order valence-electron chi connectivity index (χ3n) is 3.38. The molecule has 134 valence electrons. The third kappa shape index (κ3) is 4.95. The Morgan fingerprint density at radius 3 is 2.79 bits per heavy atom. The summed E-state index contributed by atoms with van der Waals surface area (Å²) >= 11 is 0. The Morgan fingerprint density at radius 2 is 2.21 bits per heavy atom. The minimum atomic E-state index is -4.61. The highest BCUT2D eigenvalue weighted by molar-refractivity contribution is 5.82. The van der Waals surface area contributed by atoms with E-state index in [1.807, 2.05) is 0 Å². The molecule has 1 atom stereocenters. The first-order valence-electron chi connectivity index (χ1n) is 7.24. The largest absolute Gasteiger partial charge is 0.481 e. The molecule has 1 amide bonds. The quantitative estimate of drug-likeness (QED) is 0.761. The van der Waals surface area contributed by atoms with Gasteiger partial charge >= 0.3 is 6.18 Å². The first-order chi connectivity index (χ1) is 11.3. The lowest BCUT2D eigenvalue weighted by Crippen LogP contribution is -2.40. The van der Waals surface area contributed by atoms with E-state index >= 15 is 0 Å². The molecule has 0 saturated carbocycles. The number of pyridine rings is 1. The van der Waals surface area contributed by atoms with Crippen molar-refractivity contribution in [2.45, 2.75) is 31.6 Å². The number of rotatable bonds is 6. The van der Waals surface area contributed by atoms with Gasteiger partial charge in [0.05, 0.1) is 13.2 Å². The summed E-state index contributed by atoms with van der Waals surface area (Å²) in [5, 5.41) is 5.62. The number of methoxy groups -OCH3 is 1. The Bertz CT molecular complexity index is 589. The van der Waals surface area contributed by atoms with Crippen LogP contribution < -0.4 is 20.1 Å². The van der Waals surface area contributed by atoms with Crippen LogP contribution >= 0.6 is 0 Å². The lowest BCUT2D eigenvalue weighted by molar-refractivity contribution is -0.154. The van der Waals surface area contributed by atoms with Crippen LogP contribution in [0.3, 0.4) is 0 Å². The van der Waals surface area contributed by atoms with E-state index in [0.717, 1.165) is 19.0 Å². The van der Waals surface area contributed by atoms with E-state index in [-0.39, 0.29) is 29.9 Å². The fourth-order valence-electron chi connectivity index (χ4n) is 2.26. The zero-order valence-corrected chi connectivity index (χ0v) is 12.9. The van der Waals surface area contributed by atoms with E-state index < -0.39 is 24.5 Å². The molecule has 2 heterocycles. The van der Waals surface area contributed by atoms with Crippen molar-refractivity contribution in [3.63, 3.8) is 0 Å². The van der Waals surface area contributed by atoms with Crippen molar-refractivity contribution in [2.24, 2.45) is 0 Å². The van der Waals surface area contributed by atoms with Gasteiger partial charge in [0.15, 0.2) is 12.4 Å². The summed E-state index contributed by atoms with van der Waals surface area (Å²) < 4.78 is 59.5. The standard InChI is InChI=1S/C14H17F4N3O3/c1-23-12-8(6-20-11(22)10-3-2-4-19-10)5-9(15)13(21-12)24-7-14(16,17)18/h5,10,19H,2-4,6-7H2,1H3,(H,20,22)/t10-/m0/s1. The van der Waals surface area contributed by atoms with Gasteiger partial charge in [0.25, 0.3) is 5.88 Å². The lowest BCUT2D eigenvalue weighted by Gasteiger charge is -2.14. The summed E-state index contributed by atoms with van der Waals surface area (Å²) in [4.78, 5) is 15.5. The van der Waals surface area contributed by atoms with E-state index in [0.29, 0.717) is 6.42 Å². The van der Waals surface area contributed by atoms with Crippen LogP contribution in [0.15, 0.2) is 6.07 Å². The second-order valence-electron chi connectivity index (χ2n) is 5.21. The maximum absolute atomic E-state index is 13.8. The number of nitrogens with one attached hydrogen (secondary N) is 2. The summed E-state index contributed by atoms with van der Waals surface area (Å²) in [6.07, 6.45) is -3.01. The molecule has 0 bridgehead atoms. The number of amides is 1. The van der Waals surface area contributed by atoms with Gasteiger partial charge in [0.1, 0.15) is 0 Å². The first kappa shape index (κ1) is 18.2. The normalized spacial score (nSPS) is 17.6. The van der Waals surface area contributed by atoms with Crippen molar-refractivity contribution in [3.05, 3.63) is 17.4 Å². The highest BCUT2D eigenvalue weighted by Crippen LogP contribution is 2.25. The molecule has 0 aliphatic carbocycles. The van der Waals surface area contributed by atoms with Crippen LogP contribution in [0.5, 0.6) is 11.8 Å². The van der Waals surface area contributed by atoms with Crippen LogP contribution in [0, 0.1) is 5.82 Å². The van der Waals surface area contributed by atoms with Crippen LogP contribution in [0.1, 0.15) is 18.4 Å². The average Bonchev–Trinajstić information content (AvgIpc) is 3.05. The molecule has 0 spiro atoms. The number of ether oxygens (including phenoxy) is 2. The van der Waals surface area contributed by atoms with Crippen LogP contribution in [0.25, 0.3) is 0 Å². The molecular weight excluding hydrogens is 334 g/mol. The Morgan fingerprint density at radius 1 is 1.46 bits per heavy atom. The van der Waals surface area contributed by atoms with Crippen molar-refractivity contribution in [2.75, 3.05) is 20.3 Å². The molecule has 1 aromatic heterocycles. The van der Waals surface area contributed by atoms with Gasteiger partial charge in [-0.05, 0) is 25.5 Å². The summed E-state index contributed by atoms with van der Waals surface area (Å²) in [5.74, 6) is -2.24. The molecule has 0 aromatic carbocycles. The second kappa shape index (κ2) is 7.65. The van der Waals surface area contributed by atoms with E-state index in [1.54, 1.807) is 0 Å². The number of carbonyl (C=O) groups excluding carboxylic acids is 1. The maximum atomic E-state index is 13.8. The van der Waals surface area contributed by atoms with Crippen LogP contribution in [-0.2, 0) is 11.3 Å². The molecular formula is C14H17F4N3O3. The molecule has 24 heavy (non-hydrogen) atoms. The number of hydrogen-bond acceptors (Lipinski definition) is 5. The second-order valence-corrected chi connectivity index (χ2v) is 5.21. The average molecular weight is 351 g/mol. The monoisotopic (exact) mass is 351 g/mol. The highest BCUT2D eigenvalue weighted by atomic mass is 19.4. The van der Waals surface area contributed by atoms with Gasteiger partial charge in [-0.3, -0.25) is 4.79 Å². The van der Waals surface area contributed by atoms with E-state index in [1.165, 1.54) is 7.11 Å². The molecule has 2 N–H and O–H groups in total. The SMILES string of the molecule is COc1nc(OCC(F)(F)F)c(F)cc1CNC(=O)[C@@H]1CCCN1. The molecule has 0 radical (unpaired) electrons. The van der Waals surface area contributed by atoms with Gasteiger partial charge in [-0.1, -0.05) is 0 Å². The highest BCUT2D eigenvalue weighted by Gasteiger charge is 2.30. The number of halogens is 4. The zero-order valence-electron chi connectivity index (χ0n) is 12.9. The summed E-state index contributed by atoms with van der Waals surface area (Å²) in [5.41, 5.74) is 0.195. The number of carbonyl (C=O) groups is 1. The summed E-state index contributed by atoms with van der Waals surface area (Å²) in [6.45, 7) is -0.976. The number of alkyl halides is 3. The van der Waals surface area contributed by atoms with Crippen molar-refractivity contribution < 1.29 is 31.8 Å². The third-order valence-corrected chi connectivity index (χ3v) is 3.38. The van der Waals surface area contributed by atoms with Gasteiger partial charge in [-0.2, -0.15) is 18.2 Å². The molecule has 2 rings (SSSR count). The molecule has 6 nitrogen and oxygen atoms in total. The van der Waals surface area contributed by atoms with Gasteiger partial charge in [0.2, 0.25) is 11.8 Å². The van der Waals surface area contributed by atoms with Crippen molar-refractivity contribution in [1.29, 1.82) is 0 Å². The minimum absolute atomic E-state index is 0.0658. The molecule has 0 unspecified atom stereocenters. The smallest absolute Gasteiger partial charge is 0.422 e. The predicted octanol–water partition coefficient (Wildman–Crippen LogP) is 1.54. The number of nitrogens with zero attached hydrogens (tertiary/aromatic N) is 1. The van der Waals surface area contributed by atoms with Crippen molar-refractivity contribution >= 4 is 5.91 Å². The first-order valence-corrected chi connectivity index (χ1v) is 7.24. The van der Waals surface area contributed by atoms with E-state index in [4.69, 9.17) is 4.74 Å². The Labute approximate surface area is 135 Å². The van der Waals surface area contributed by atoms with E-state index in [9.17, 15) is 22.4 Å². The van der Waals surface area contributed by atoms with Gasteiger partial charge in [0, 0.05) is 12.1 Å². The molecule has 1 aliphatic rings. The van der Waals surface area contributed by atoms with Crippen LogP contribution in [-0.4, -0.2) is 43.4 Å². The van der Waals surface area contributed by atoms with Gasteiger partial charge < -0.3 is 20.1 Å². The fraction of sp³-hybridized carbons (Fsp3) is 0.571. The molecule has 10 heteroatoms. The van der Waals surface area contributed by atoms with Crippen molar-refractivity contribution in [1.82, 2.24) is 15.6 Å². The maximum Gasteiger partial charge on any atom is 0.422 e. The lowest BCUT2D eigenvalue weighted by atomic mass is 10.2. The molecule has 1 aliphatic heterocycles. The van der Waals surface area contributed by atoms with Crippen LogP contribution in [0.4, 0.5) is 17.6 Å². The number of hydrogen-bond donors (Lipinski definition) is 2. The zero-order chi connectivity index (χ0) is 17.7. The Kier molecular flexibility index (Phi) is 5.81. The van der Waals surface area contributed by atoms with Gasteiger partial charge in [-0.25, -0.2) is 4.39 Å². The molecule has 1 fully saturated rings. The van der Waals surface area contributed by atoms with E-state index in [2.05, 4.69) is 20.4 Å².